The lowest BCUT2D eigenvalue weighted by Gasteiger charge is -2.06. The largest absolute Gasteiger partial charge is 0.497 e. The normalized spacial score (nSPS) is 10.4. The minimum Gasteiger partial charge on any atom is -0.497 e. The Hall–Kier alpha value is -2.04. The number of esters is 2. The quantitative estimate of drug-likeness (QED) is 0.262. The molecule has 0 saturated carbocycles. The molecule has 0 aliphatic rings. The highest BCUT2D eigenvalue weighted by molar-refractivity contribution is 5.79. The van der Waals surface area contributed by atoms with E-state index in [0.717, 1.165) is 12.8 Å². The summed E-state index contributed by atoms with van der Waals surface area (Å²) in [6.07, 6.45) is 9.67. The van der Waals surface area contributed by atoms with E-state index < -0.39 is 5.97 Å². The van der Waals surface area contributed by atoms with Crippen molar-refractivity contribution in [2.45, 2.75) is 71.1 Å². The Morgan fingerprint density at radius 3 is 1.92 bits per heavy atom. The van der Waals surface area contributed by atoms with Gasteiger partial charge in [0.05, 0.1) is 26.6 Å². The summed E-state index contributed by atoms with van der Waals surface area (Å²) in [5, 5.41) is 0. The van der Waals surface area contributed by atoms with Crippen LogP contribution in [0.15, 0.2) is 24.3 Å². The van der Waals surface area contributed by atoms with Crippen LogP contribution < -0.4 is 9.47 Å². The first-order valence-corrected chi connectivity index (χ1v) is 9.66. The van der Waals surface area contributed by atoms with E-state index in [9.17, 15) is 9.59 Å². The average molecular weight is 364 g/mol. The smallest absolute Gasteiger partial charge is 0.311 e. The summed E-state index contributed by atoms with van der Waals surface area (Å²) in [5.41, 5.74) is 0. The van der Waals surface area contributed by atoms with Gasteiger partial charge in [0.25, 0.3) is 0 Å². The Balaban J connectivity index is 2.02. The summed E-state index contributed by atoms with van der Waals surface area (Å²) in [7, 11) is 1.57. The molecule has 0 fully saturated rings. The van der Waals surface area contributed by atoms with E-state index in [4.69, 9.17) is 14.2 Å². The lowest BCUT2D eigenvalue weighted by atomic mass is 10.1. The van der Waals surface area contributed by atoms with E-state index in [-0.39, 0.29) is 18.8 Å². The van der Waals surface area contributed by atoms with Gasteiger partial charge in [0, 0.05) is 0 Å². The van der Waals surface area contributed by atoms with E-state index >= 15 is 0 Å². The number of hydrogen-bond donors (Lipinski definition) is 0. The minimum atomic E-state index is -0.445. The van der Waals surface area contributed by atoms with Crippen LogP contribution >= 0.6 is 0 Å². The monoisotopic (exact) mass is 364 g/mol. The predicted octanol–water partition coefficient (Wildman–Crippen LogP) is 5.06. The van der Waals surface area contributed by atoms with Gasteiger partial charge in [-0.15, -0.1) is 0 Å². The second-order valence-corrected chi connectivity index (χ2v) is 6.34. The van der Waals surface area contributed by atoms with Gasteiger partial charge in [0.1, 0.15) is 11.5 Å². The van der Waals surface area contributed by atoms with Gasteiger partial charge in [0.15, 0.2) is 0 Å². The maximum Gasteiger partial charge on any atom is 0.311 e. The molecule has 0 aromatic heterocycles. The second-order valence-electron chi connectivity index (χ2n) is 6.34. The number of methoxy groups -OCH3 is 1. The summed E-state index contributed by atoms with van der Waals surface area (Å²) in [6, 6.07) is 6.72. The molecule has 0 radical (unpaired) electrons. The highest BCUT2D eigenvalue weighted by Crippen LogP contribution is 2.17. The SMILES string of the molecule is CCCCCCCCCCOC(=O)CCC(=O)Oc1ccc(OC)cc1. The number of hydrogen-bond acceptors (Lipinski definition) is 5. The van der Waals surface area contributed by atoms with E-state index in [1.165, 1.54) is 38.5 Å². The van der Waals surface area contributed by atoms with Gasteiger partial charge in [-0.05, 0) is 30.7 Å². The number of rotatable bonds is 14. The molecule has 0 aliphatic heterocycles. The van der Waals surface area contributed by atoms with Crippen LogP contribution in [-0.4, -0.2) is 25.7 Å². The fourth-order valence-corrected chi connectivity index (χ4v) is 2.52. The third-order valence-electron chi connectivity index (χ3n) is 4.09. The van der Waals surface area contributed by atoms with Crippen LogP contribution in [0.1, 0.15) is 71.1 Å². The topological polar surface area (TPSA) is 61.8 Å². The zero-order valence-electron chi connectivity index (χ0n) is 16.1. The molecule has 1 aromatic rings. The molecular weight excluding hydrogens is 332 g/mol. The second kappa shape index (κ2) is 14.2. The molecular formula is C21H32O5. The first-order valence-electron chi connectivity index (χ1n) is 9.66. The predicted molar refractivity (Wildman–Crippen MR) is 101 cm³/mol. The van der Waals surface area contributed by atoms with Crippen LogP contribution in [0.25, 0.3) is 0 Å². The lowest BCUT2D eigenvalue weighted by molar-refractivity contribution is -0.147. The zero-order valence-corrected chi connectivity index (χ0v) is 16.1. The number of carbonyl (C=O) groups excluding carboxylic acids is 2. The van der Waals surface area contributed by atoms with Crippen LogP contribution in [0, 0.1) is 0 Å². The van der Waals surface area contributed by atoms with Gasteiger partial charge in [-0.1, -0.05) is 51.9 Å². The van der Waals surface area contributed by atoms with Gasteiger partial charge in [-0.2, -0.15) is 0 Å². The average Bonchev–Trinajstić information content (AvgIpc) is 2.65. The van der Waals surface area contributed by atoms with Gasteiger partial charge in [-0.25, -0.2) is 0 Å². The van der Waals surface area contributed by atoms with Crippen LogP contribution in [0.5, 0.6) is 11.5 Å². The van der Waals surface area contributed by atoms with Crippen molar-refractivity contribution < 1.29 is 23.8 Å². The maximum atomic E-state index is 11.7. The Morgan fingerprint density at radius 2 is 1.31 bits per heavy atom. The number of unbranched alkanes of at least 4 members (excludes halogenated alkanes) is 7. The van der Waals surface area contributed by atoms with Gasteiger partial charge < -0.3 is 14.2 Å². The Kier molecular flexibility index (Phi) is 12.0. The van der Waals surface area contributed by atoms with Crippen LogP contribution in [-0.2, 0) is 14.3 Å². The molecule has 0 bridgehead atoms. The molecule has 1 rings (SSSR count). The molecule has 0 N–H and O–H groups in total. The van der Waals surface area contributed by atoms with Crippen molar-refractivity contribution in [1.29, 1.82) is 0 Å². The molecule has 0 spiro atoms. The summed E-state index contributed by atoms with van der Waals surface area (Å²) in [6.45, 7) is 2.65. The first kappa shape index (κ1) is 22.0. The zero-order chi connectivity index (χ0) is 19.0. The molecule has 5 heteroatoms. The number of carbonyl (C=O) groups is 2. The highest BCUT2D eigenvalue weighted by Gasteiger charge is 2.10. The van der Waals surface area contributed by atoms with Crippen LogP contribution in [0.4, 0.5) is 0 Å². The van der Waals surface area contributed by atoms with Crippen molar-refractivity contribution in [2.24, 2.45) is 0 Å². The van der Waals surface area contributed by atoms with E-state index in [0.29, 0.717) is 18.1 Å². The molecule has 26 heavy (non-hydrogen) atoms. The van der Waals surface area contributed by atoms with E-state index in [1.807, 2.05) is 0 Å². The summed E-state index contributed by atoms with van der Waals surface area (Å²) >= 11 is 0. The van der Waals surface area contributed by atoms with Crippen molar-refractivity contribution in [2.75, 3.05) is 13.7 Å². The molecule has 1 aromatic carbocycles. The summed E-state index contributed by atoms with van der Waals surface area (Å²) < 4.78 is 15.3. The van der Waals surface area contributed by atoms with Crippen LogP contribution in [0.2, 0.25) is 0 Å². The molecule has 0 amide bonds. The fraction of sp³-hybridized carbons (Fsp3) is 0.619. The van der Waals surface area contributed by atoms with Gasteiger partial charge in [-0.3, -0.25) is 9.59 Å². The third kappa shape index (κ3) is 10.7. The molecule has 0 atom stereocenters. The molecule has 146 valence electrons. The van der Waals surface area contributed by atoms with Crippen molar-refractivity contribution in [3.8, 4) is 11.5 Å². The number of benzene rings is 1. The van der Waals surface area contributed by atoms with Gasteiger partial charge in [0.2, 0.25) is 0 Å². The van der Waals surface area contributed by atoms with Gasteiger partial charge >= 0.3 is 11.9 Å². The van der Waals surface area contributed by atoms with E-state index in [2.05, 4.69) is 6.92 Å². The van der Waals surface area contributed by atoms with Crippen molar-refractivity contribution >= 4 is 11.9 Å². The Labute approximate surface area is 157 Å². The molecule has 0 unspecified atom stereocenters. The van der Waals surface area contributed by atoms with Crippen LogP contribution in [0.3, 0.4) is 0 Å². The first-order chi connectivity index (χ1) is 12.7. The van der Waals surface area contributed by atoms with Crippen molar-refractivity contribution in [3.63, 3.8) is 0 Å². The molecule has 0 saturated heterocycles. The van der Waals surface area contributed by atoms with Crippen molar-refractivity contribution in [1.82, 2.24) is 0 Å². The Morgan fingerprint density at radius 1 is 0.769 bits per heavy atom. The third-order valence-corrected chi connectivity index (χ3v) is 4.09. The lowest BCUT2D eigenvalue weighted by Crippen LogP contribution is -2.12. The Bertz CT molecular complexity index is 510. The maximum absolute atomic E-state index is 11.7. The fourth-order valence-electron chi connectivity index (χ4n) is 2.52. The van der Waals surface area contributed by atoms with Crippen molar-refractivity contribution in [3.05, 3.63) is 24.3 Å². The molecule has 0 heterocycles. The standard InChI is InChI=1S/C21H32O5/c1-3-4-5-6-7-8-9-10-17-25-20(22)15-16-21(23)26-19-13-11-18(24-2)12-14-19/h11-14H,3-10,15-17H2,1-2H3. The van der Waals surface area contributed by atoms with E-state index in [1.54, 1.807) is 31.4 Å². The number of ether oxygens (including phenoxy) is 3. The molecule has 5 nitrogen and oxygen atoms in total. The highest BCUT2D eigenvalue weighted by atomic mass is 16.5. The minimum absolute atomic E-state index is 0.0162. The summed E-state index contributed by atoms with van der Waals surface area (Å²) in [5.74, 6) is 0.330. The molecule has 0 aliphatic carbocycles. The summed E-state index contributed by atoms with van der Waals surface area (Å²) in [4.78, 5) is 23.4.